The van der Waals surface area contributed by atoms with Gasteiger partial charge in [-0.1, -0.05) is 59.7 Å². The van der Waals surface area contributed by atoms with E-state index < -0.39 is 0 Å². The molecule has 33 heavy (non-hydrogen) atoms. The lowest BCUT2D eigenvalue weighted by atomic mass is 10.1. The summed E-state index contributed by atoms with van der Waals surface area (Å²) in [7, 11) is 0. The van der Waals surface area contributed by atoms with Gasteiger partial charge in [0.25, 0.3) is 5.91 Å². The van der Waals surface area contributed by atoms with Crippen LogP contribution in [-0.4, -0.2) is 38.3 Å². The summed E-state index contributed by atoms with van der Waals surface area (Å²) in [6.07, 6.45) is 0.944. The molecule has 0 unspecified atom stereocenters. The van der Waals surface area contributed by atoms with Crippen molar-refractivity contribution in [2.75, 3.05) is 11.9 Å². The number of nitrogens with zero attached hydrogens (tertiary/aromatic N) is 4. The summed E-state index contributed by atoms with van der Waals surface area (Å²) < 4.78 is 1.70. The number of thiazole rings is 1. The zero-order chi connectivity index (χ0) is 24.1. The molecular formula is C22H26Cl2N6O2S. The predicted molar refractivity (Wildman–Crippen MR) is 131 cm³/mol. The van der Waals surface area contributed by atoms with E-state index in [-0.39, 0.29) is 18.2 Å². The van der Waals surface area contributed by atoms with E-state index >= 15 is 0 Å². The topological polar surface area (TPSA) is 102 Å². The van der Waals surface area contributed by atoms with E-state index in [1.807, 2.05) is 13.0 Å². The first-order valence-electron chi connectivity index (χ1n) is 10.5. The highest BCUT2D eigenvalue weighted by Gasteiger charge is 2.18. The van der Waals surface area contributed by atoms with E-state index in [4.69, 9.17) is 23.2 Å². The number of hydrogen-bond acceptors (Lipinski definition) is 6. The molecule has 0 saturated heterocycles. The van der Waals surface area contributed by atoms with Gasteiger partial charge >= 0.3 is 0 Å². The SMILES string of the molecule is Cc1nc(NC(=O)Cc2nnn(Cc3ccc(Cl)c(Cl)c3)c2C)sc1C(=O)NCCC(C)C. The highest BCUT2D eigenvalue weighted by Crippen LogP contribution is 2.24. The van der Waals surface area contributed by atoms with Gasteiger partial charge in [-0.15, -0.1) is 5.10 Å². The Kier molecular flexibility index (Phi) is 8.45. The van der Waals surface area contributed by atoms with Gasteiger partial charge < -0.3 is 10.6 Å². The van der Waals surface area contributed by atoms with Gasteiger partial charge in [-0.25, -0.2) is 9.67 Å². The van der Waals surface area contributed by atoms with Crippen LogP contribution < -0.4 is 10.6 Å². The summed E-state index contributed by atoms with van der Waals surface area (Å²) in [6.45, 7) is 8.87. The van der Waals surface area contributed by atoms with Crippen molar-refractivity contribution >= 4 is 51.5 Å². The van der Waals surface area contributed by atoms with Crippen molar-refractivity contribution in [3.63, 3.8) is 0 Å². The lowest BCUT2D eigenvalue weighted by molar-refractivity contribution is -0.115. The van der Waals surface area contributed by atoms with Gasteiger partial charge in [0.15, 0.2) is 5.13 Å². The third-order valence-electron chi connectivity index (χ3n) is 4.98. The highest BCUT2D eigenvalue weighted by atomic mass is 35.5. The van der Waals surface area contributed by atoms with Crippen LogP contribution >= 0.6 is 34.5 Å². The molecule has 2 N–H and O–H groups in total. The summed E-state index contributed by atoms with van der Waals surface area (Å²) >= 11 is 13.2. The number of hydrogen-bond donors (Lipinski definition) is 2. The third-order valence-corrected chi connectivity index (χ3v) is 6.79. The van der Waals surface area contributed by atoms with Crippen LogP contribution in [0.5, 0.6) is 0 Å². The van der Waals surface area contributed by atoms with Gasteiger partial charge in [0.1, 0.15) is 4.88 Å². The number of carbonyl (C=O) groups is 2. The maximum atomic E-state index is 12.6. The second-order valence-corrected chi connectivity index (χ2v) is 9.94. The molecule has 0 aliphatic heterocycles. The van der Waals surface area contributed by atoms with Gasteiger partial charge in [-0.05, 0) is 43.9 Å². The van der Waals surface area contributed by atoms with Gasteiger partial charge in [-0.3, -0.25) is 9.59 Å². The monoisotopic (exact) mass is 508 g/mol. The molecule has 0 saturated carbocycles. The summed E-state index contributed by atoms with van der Waals surface area (Å²) in [5.41, 5.74) is 2.84. The first kappa shape index (κ1) is 25.1. The zero-order valence-electron chi connectivity index (χ0n) is 18.9. The number of carbonyl (C=O) groups excluding carboxylic acids is 2. The van der Waals surface area contributed by atoms with Crippen LogP contribution in [0.1, 0.15) is 52.6 Å². The molecule has 1 aromatic carbocycles. The van der Waals surface area contributed by atoms with Gasteiger partial charge in [-0.2, -0.15) is 0 Å². The van der Waals surface area contributed by atoms with Crippen molar-refractivity contribution in [1.29, 1.82) is 0 Å². The van der Waals surface area contributed by atoms with E-state index in [9.17, 15) is 9.59 Å². The second kappa shape index (κ2) is 11.1. The number of aryl methyl sites for hydroxylation is 1. The highest BCUT2D eigenvalue weighted by molar-refractivity contribution is 7.17. The fraction of sp³-hybridized carbons (Fsp3) is 0.409. The molecule has 0 aliphatic rings. The maximum absolute atomic E-state index is 12.6. The molecule has 3 aromatic rings. The molecule has 0 aliphatic carbocycles. The van der Waals surface area contributed by atoms with Crippen LogP contribution in [0.2, 0.25) is 10.0 Å². The number of rotatable bonds is 9. The first-order chi connectivity index (χ1) is 15.6. The maximum Gasteiger partial charge on any atom is 0.263 e. The number of anilines is 1. The summed E-state index contributed by atoms with van der Waals surface area (Å²) in [6, 6.07) is 5.37. The van der Waals surface area contributed by atoms with Crippen LogP contribution in [0, 0.1) is 19.8 Å². The number of halogens is 2. The number of benzene rings is 1. The van der Waals surface area contributed by atoms with Crippen molar-refractivity contribution in [2.45, 2.75) is 47.1 Å². The quantitative estimate of drug-likeness (QED) is 0.437. The standard InChI is InChI=1S/C22H26Cl2N6O2S/c1-12(2)7-8-25-21(32)20-13(3)26-22(33-20)27-19(31)10-18-14(4)30(29-28-18)11-15-5-6-16(23)17(24)9-15/h5-6,9,12H,7-8,10-11H2,1-4H3,(H,25,32)(H,26,27,31). The Balaban J connectivity index is 1.60. The van der Waals surface area contributed by atoms with E-state index in [0.717, 1.165) is 29.0 Å². The predicted octanol–water partition coefficient (Wildman–Crippen LogP) is 4.66. The molecule has 0 atom stereocenters. The normalized spacial score (nSPS) is 11.1. The van der Waals surface area contributed by atoms with Crippen LogP contribution in [0.15, 0.2) is 18.2 Å². The summed E-state index contributed by atoms with van der Waals surface area (Å²) in [5, 5.41) is 15.3. The van der Waals surface area contributed by atoms with Crippen LogP contribution in [0.3, 0.4) is 0 Å². The minimum Gasteiger partial charge on any atom is -0.351 e. The number of aromatic nitrogens is 4. The fourth-order valence-electron chi connectivity index (χ4n) is 3.05. The van der Waals surface area contributed by atoms with Crippen molar-refractivity contribution in [1.82, 2.24) is 25.3 Å². The lowest BCUT2D eigenvalue weighted by Gasteiger charge is -2.06. The Bertz CT molecular complexity index is 1160. The second-order valence-electron chi connectivity index (χ2n) is 8.12. The largest absolute Gasteiger partial charge is 0.351 e. The van der Waals surface area contributed by atoms with Gasteiger partial charge in [0.2, 0.25) is 5.91 Å². The van der Waals surface area contributed by atoms with E-state index in [2.05, 4.69) is 39.8 Å². The Morgan fingerprint density at radius 3 is 2.64 bits per heavy atom. The molecule has 0 radical (unpaired) electrons. The molecular weight excluding hydrogens is 483 g/mol. The van der Waals surface area contributed by atoms with E-state index in [1.165, 1.54) is 0 Å². The van der Waals surface area contributed by atoms with Crippen LogP contribution in [0.25, 0.3) is 0 Å². The Hall–Kier alpha value is -2.49. The summed E-state index contributed by atoms with van der Waals surface area (Å²) in [4.78, 5) is 29.8. The van der Waals surface area contributed by atoms with Gasteiger partial charge in [0.05, 0.1) is 40.1 Å². The van der Waals surface area contributed by atoms with Crippen LogP contribution in [0.4, 0.5) is 5.13 Å². The van der Waals surface area contributed by atoms with Crippen molar-refractivity contribution in [3.8, 4) is 0 Å². The van der Waals surface area contributed by atoms with Crippen molar-refractivity contribution < 1.29 is 9.59 Å². The van der Waals surface area contributed by atoms with Gasteiger partial charge in [0, 0.05) is 6.54 Å². The minimum atomic E-state index is -0.278. The molecule has 176 valence electrons. The molecule has 2 amide bonds. The van der Waals surface area contributed by atoms with Crippen molar-refractivity contribution in [2.24, 2.45) is 5.92 Å². The smallest absolute Gasteiger partial charge is 0.263 e. The molecule has 0 bridgehead atoms. The lowest BCUT2D eigenvalue weighted by Crippen LogP contribution is -2.25. The molecule has 0 fully saturated rings. The summed E-state index contributed by atoms with van der Waals surface area (Å²) in [5.74, 6) is 0.0561. The Morgan fingerprint density at radius 1 is 1.18 bits per heavy atom. The minimum absolute atomic E-state index is 0.0434. The molecule has 3 rings (SSSR count). The third kappa shape index (κ3) is 6.75. The first-order valence-corrected chi connectivity index (χ1v) is 12.1. The van der Waals surface area contributed by atoms with E-state index in [0.29, 0.717) is 50.4 Å². The fourth-order valence-corrected chi connectivity index (χ4v) is 4.27. The number of amides is 2. The molecule has 0 spiro atoms. The average molecular weight is 509 g/mol. The average Bonchev–Trinajstić information content (AvgIpc) is 3.27. The Morgan fingerprint density at radius 2 is 1.94 bits per heavy atom. The van der Waals surface area contributed by atoms with E-state index in [1.54, 1.807) is 23.7 Å². The molecule has 2 heterocycles. The zero-order valence-corrected chi connectivity index (χ0v) is 21.2. The number of nitrogens with one attached hydrogen (secondary N) is 2. The molecule has 8 nitrogen and oxygen atoms in total. The Labute approximate surface area is 206 Å². The van der Waals surface area contributed by atoms with Crippen molar-refractivity contribution in [3.05, 3.63) is 55.8 Å². The molecule has 2 aromatic heterocycles. The molecule has 11 heteroatoms. The van der Waals surface area contributed by atoms with Crippen LogP contribution in [-0.2, 0) is 17.8 Å².